The van der Waals surface area contributed by atoms with E-state index in [0.717, 1.165) is 5.56 Å². The monoisotopic (exact) mass is 451 g/mol. The largest absolute Gasteiger partial charge is 0.452 e. The summed E-state index contributed by atoms with van der Waals surface area (Å²) in [5, 5.41) is 5.81. The number of fused-ring (bicyclic) bond motifs is 1. The summed E-state index contributed by atoms with van der Waals surface area (Å²) < 4.78 is 32.6. The van der Waals surface area contributed by atoms with Crippen molar-refractivity contribution in [2.45, 2.75) is 17.6 Å². The Kier molecular flexibility index (Phi) is 6.20. The van der Waals surface area contributed by atoms with Crippen molar-refractivity contribution < 1.29 is 22.7 Å². The predicted molar refractivity (Wildman–Crippen MR) is 118 cm³/mol. The fourth-order valence-corrected chi connectivity index (χ4v) is 4.56. The quantitative estimate of drug-likeness (QED) is 0.497. The number of benzene rings is 3. The van der Waals surface area contributed by atoms with Gasteiger partial charge in [-0.1, -0.05) is 54.6 Å². The molecule has 3 N–H and O–H groups in total. The molecule has 9 heteroatoms. The third kappa shape index (κ3) is 4.96. The highest BCUT2D eigenvalue weighted by Gasteiger charge is 2.29. The molecule has 32 heavy (non-hydrogen) atoms. The number of hydrogen-bond donors (Lipinski definition) is 3. The molecule has 8 nitrogen and oxygen atoms in total. The number of amides is 1. The molecule has 4 rings (SSSR count). The average molecular weight is 452 g/mol. The van der Waals surface area contributed by atoms with Crippen molar-refractivity contribution in [3.8, 4) is 0 Å². The van der Waals surface area contributed by atoms with Gasteiger partial charge in [-0.15, -0.1) is 0 Å². The molecule has 0 aromatic heterocycles. The highest BCUT2D eigenvalue weighted by atomic mass is 32.2. The Morgan fingerprint density at radius 1 is 0.906 bits per heavy atom. The fraction of sp³-hybridized carbons (Fsp3) is 0.130. The Labute approximate surface area is 185 Å². The van der Waals surface area contributed by atoms with Crippen molar-refractivity contribution in [2.75, 3.05) is 11.9 Å². The highest BCUT2D eigenvalue weighted by Crippen LogP contribution is 2.30. The zero-order chi connectivity index (χ0) is 22.6. The number of anilines is 1. The minimum atomic E-state index is -3.66. The highest BCUT2D eigenvalue weighted by molar-refractivity contribution is 7.89. The lowest BCUT2D eigenvalue weighted by Gasteiger charge is -2.28. The van der Waals surface area contributed by atoms with E-state index in [4.69, 9.17) is 4.74 Å². The molecule has 3 aromatic carbocycles. The van der Waals surface area contributed by atoms with E-state index >= 15 is 0 Å². The second kappa shape index (κ2) is 9.21. The topological polar surface area (TPSA) is 114 Å². The van der Waals surface area contributed by atoms with E-state index in [2.05, 4.69) is 15.4 Å². The third-order valence-electron chi connectivity index (χ3n) is 4.90. The van der Waals surface area contributed by atoms with Gasteiger partial charge < -0.3 is 15.4 Å². The molecule has 0 bridgehead atoms. The molecule has 1 atom stereocenters. The summed E-state index contributed by atoms with van der Waals surface area (Å²) >= 11 is 0. The van der Waals surface area contributed by atoms with Crippen LogP contribution >= 0.6 is 0 Å². The second-order valence-corrected chi connectivity index (χ2v) is 8.84. The van der Waals surface area contributed by atoms with Crippen LogP contribution in [0.5, 0.6) is 0 Å². The van der Waals surface area contributed by atoms with Gasteiger partial charge in [0.25, 0.3) is 5.91 Å². The number of carbonyl (C=O) groups is 2. The van der Waals surface area contributed by atoms with Gasteiger partial charge in [-0.05, 0) is 35.4 Å². The van der Waals surface area contributed by atoms with Gasteiger partial charge in [0.2, 0.25) is 10.0 Å². The van der Waals surface area contributed by atoms with Crippen molar-refractivity contribution in [2.24, 2.45) is 0 Å². The van der Waals surface area contributed by atoms with E-state index in [9.17, 15) is 18.0 Å². The van der Waals surface area contributed by atoms with E-state index < -0.39 is 34.7 Å². The van der Waals surface area contributed by atoms with Crippen LogP contribution in [0, 0.1) is 0 Å². The molecule has 0 fully saturated rings. The number of rotatable bonds is 6. The Morgan fingerprint density at radius 3 is 2.34 bits per heavy atom. The zero-order valence-corrected chi connectivity index (χ0v) is 17.8. The maximum Gasteiger partial charge on any atom is 0.338 e. The first kappa shape index (κ1) is 21.5. The molecule has 3 aromatic rings. The van der Waals surface area contributed by atoms with Gasteiger partial charge in [0.1, 0.15) is 11.1 Å². The summed E-state index contributed by atoms with van der Waals surface area (Å²) in [4.78, 5) is 24.3. The summed E-state index contributed by atoms with van der Waals surface area (Å²) in [7, 11) is -3.66. The van der Waals surface area contributed by atoms with Gasteiger partial charge in [-0.3, -0.25) is 4.79 Å². The molecular formula is C23H21N3O5S. The van der Waals surface area contributed by atoms with E-state index in [1.165, 1.54) is 18.2 Å². The number of hydrogen-bond acceptors (Lipinski definition) is 6. The minimum absolute atomic E-state index is 0.182. The SMILES string of the molecule is O=C(COC(=O)c1ccc(C2Nc3ccccc3S(=O)(=O)N2)cc1)NCc1ccccc1. The van der Waals surface area contributed by atoms with Crippen LogP contribution in [0.1, 0.15) is 27.7 Å². The van der Waals surface area contributed by atoms with E-state index in [-0.39, 0.29) is 10.5 Å². The Morgan fingerprint density at radius 2 is 1.59 bits per heavy atom. The van der Waals surface area contributed by atoms with Crippen LogP contribution in [-0.4, -0.2) is 26.9 Å². The number of carbonyl (C=O) groups excluding carboxylic acids is 2. The van der Waals surface area contributed by atoms with Gasteiger partial charge in [0, 0.05) is 6.54 Å². The van der Waals surface area contributed by atoms with Crippen molar-refractivity contribution >= 4 is 27.6 Å². The van der Waals surface area contributed by atoms with Gasteiger partial charge in [-0.25, -0.2) is 13.2 Å². The normalized spacial score (nSPS) is 16.3. The lowest BCUT2D eigenvalue weighted by atomic mass is 10.1. The molecule has 1 heterocycles. The Hall–Kier alpha value is -3.69. The molecular weight excluding hydrogens is 430 g/mol. The van der Waals surface area contributed by atoms with Gasteiger partial charge in [0.15, 0.2) is 6.61 Å². The molecule has 0 radical (unpaired) electrons. The van der Waals surface area contributed by atoms with Crippen LogP contribution in [-0.2, 0) is 26.1 Å². The molecule has 1 aliphatic heterocycles. The summed E-state index contributed by atoms with van der Waals surface area (Å²) in [5.41, 5.74) is 2.32. The summed E-state index contributed by atoms with van der Waals surface area (Å²) in [6.07, 6.45) is -0.677. The maximum absolute atomic E-state index is 12.5. The molecule has 0 saturated carbocycles. The maximum atomic E-state index is 12.5. The number of nitrogens with one attached hydrogen (secondary N) is 3. The average Bonchev–Trinajstić information content (AvgIpc) is 2.81. The standard InChI is InChI=1S/C23H21N3O5S/c27-21(24-14-16-6-2-1-3-7-16)15-31-23(28)18-12-10-17(11-13-18)22-25-19-8-4-5-9-20(19)32(29,30)26-22/h1-13,22,25-26H,14-15H2,(H,24,27). The number of esters is 1. The molecule has 0 spiro atoms. The van der Waals surface area contributed by atoms with E-state index in [1.807, 2.05) is 30.3 Å². The van der Waals surface area contributed by atoms with Gasteiger partial charge in [0.05, 0.1) is 11.3 Å². The number of para-hydroxylation sites is 1. The van der Waals surface area contributed by atoms with Crippen LogP contribution in [0.4, 0.5) is 5.69 Å². The third-order valence-corrected chi connectivity index (χ3v) is 6.38. The first-order valence-electron chi connectivity index (χ1n) is 9.88. The van der Waals surface area contributed by atoms with Crippen LogP contribution in [0.2, 0.25) is 0 Å². The van der Waals surface area contributed by atoms with Crippen molar-refractivity contribution in [1.82, 2.24) is 10.0 Å². The molecule has 1 aliphatic rings. The molecule has 1 amide bonds. The van der Waals surface area contributed by atoms with Crippen LogP contribution in [0.15, 0.2) is 83.8 Å². The number of sulfonamides is 1. The minimum Gasteiger partial charge on any atom is -0.452 e. The predicted octanol–water partition coefficient (Wildman–Crippen LogP) is 2.56. The molecule has 1 unspecified atom stereocenters. The van der Waals surface area contributed by atoms with Gasteiger partial charge >= 0.3 is 5.97 Å². The second-order valence-electron chi connectivity index (χ2n) is 7.16. The van der Waals surface area contributed by atoms with E-state index in [0.29, 0.717) is 17.8 Å². The summed E-state index contributed by atoms with van der Waals surface area (Å²) in [6, 6.07) is 22.3. The first-order valence-corrected chi connectivity index (χ1v) is 11.4. The van der Waals surface area contributed by atoms with Gasteiger partial charge in [-0.2, -0.15) is 4.72 Å². The van der Waals surface area contributed by atoms with Crippen molar-refractivity contribution in [3.05, 3.63) is 95.6 Å². The lowest BCUT2D eigenvalue weighted by molar-refractivity contribution is -0.124. The van der Waals surface area contributed by atoms with Crippen molar-refractivity contribution in [1.29, 1.82) is 0 Å². The summed E-state index contributed by atoms with van der Waals surface area (Å²) in [6.45, 7) is -0.0481. The summed E-state index contributed by atoms with van der Waals surface area (Å²) in [5.74, 6) is -1.05. The Bertz CT molecular complexity index is 1230. The molecule has 164 valence electrons. The molecule has 0 aliphatic carbocycles. The zero-order valence-electron chi connectivity index (χ0n) is 16.9. The fourth-order valence-electron chi connectivity index (χ4n) is 3.25. The van der Waals surface area contributed by atoms with Crippen LogP contribution < -0.4 is 15.4 Å². The molecule has 0 saturated heterocycles. The smallest absolute Gasteiger partial charge is 0.338 e. The van der Waals surface area contributed by atoms with Crippen molar-refractivity contribution in [3.63, 3.8) is 0 Å². The van der Waals surface area contributed by atoms with Crippen LogP contribution in [0.3, 0.4) is 0 Å². The number of ether oxygens (including phenoxy) is 1. The lowest BCUT2D eigenvalue weighted by Crippen LogP contribution is -2.38. The first-order chi connectivity index (χ1) is 15.4. The Balaban J connectivity index is 1.33. The van der Waals surface area contributed by atoms with Crippen LogP contribution in [0.25, 0.3) is 0 Å². The van der Waals surface area contributed by atoms with E-state index in [1.54, 1.807) is 30.3 Å².